The Morgan fingerprint density at radius 3 is 2.56 bits per heavy atom. The van der Waals surface area contributed by atoms with Gasteiger partial charge in [0.2, 0.25) is 5.91 Å². The van der Waals surface area contributed by atoms with Crippen molar-refractivity contribution in [2.24, 2.45) is 0 Å². The smallest absolute Gasteiger partial charge is 0.322 e. The van der Waals surface area contributed by atoms with Crippen molar-refractivity contribution in [2.45, 2.75) is 0 Å². The van der Waals surface area contributed by atoms with Gasteiger partial charge in [0.1, 0.15) is 18.1 Å². The van der Waals surface area contributed by atoms with Gasteiger partial charge in [-0.1, -0.05) is 24.3 Å². The van der Waals surface area contributed by atoms with Gasteiger partial charge in [-0.05, 0) is 35.9 Å². The maximum absolute atomic E-state index is 13.6. The molecule has 0 aromatic heterocycles. The van der Waals surface area contributed by atoms with E-state index in [0.29, 0.717) is 11.1 Å². The number of halogens is 1. The summed E-state index contributed by atoms with van der Waals surface area (Å²) in [6, 6.07) is 13.2. The Bertz CT molecular complexity index is 993. The van der Waals surface area contributed by atoms with E-state index < -0.39 is 30.2 Å². The molecule has 0 atom stereocenters. The van der Waals surface area contributed by atoms with Crippen molar-refractivity contribution in [3.8, 4) is 6.07 Å². The summed E-state index contributed by atoms with van der Waals surface area (Å²) in [6.07, 6.45) is 1.44. The predicted octanol–water partition coefficient (Wildman–Crippen LogP) is 2.23. The molecule has 2 N–H and O–H groups in total. The van der Waals surface area contributed by atoms with Crippen LogP contribution in [-0.2, 0) is 9.59 Å². The van der Waals surface area contributed by atoms with E-state index in [1.807, 2.05) is 6.07 Å². The van der Waals surface area contributed by atoms with E-state index in [-0.39, 0.29) is 11.4 Å². The zero-order chi connectivity index (χ0) is 19.4. The minimum atomic E-state index is -0.747. The Labute approximate surface area is 153 Å². The Balaban J connectivity index is 1.70. The van der Waals surface area contributed by atoms with Crippen LogP contribution >= 0.6 is 0 Å². The van der Waals surface area contributed by atoms with Crippen molar-refractivity contribution in [1.82, 2.24) is 10.2 Å². The number of hydrogen-bond acceptors (Lipinski definition) is 4. The third kappa shape index (κ3) is 3.99. The van der Waals surface area contributed by atoms with Crippen LogP contribution in [0.3, 0.4) is 0 Å². The molecule has 2 aromatic carbocycles. The molecule has 0 spiro atoms. The van der Waals surface area contributed by atoms with Gasteiger partial charge in [0.05, 0.1) is 17.3 Å². The molecule has 134 valence electrons. The average molecular weight is 364 g/mol. The van der Waals surface area contributed by atoms with Crippen molar-refractivity contribution in [2.75, 3.05) is 11.9 Å². The van der Waals surface area contributed by atoms with E-state index in [1.165, 1.54) is 24.3 Å². The molecule has 3 rings (SSSR count). The molecule has 1 saturated heterocycles. The summed E-state index contributed by atoms with van der Waals surface area (Å²) < 4.78 is 13.6. The van der Waals surface area contributed by atoms with Crippen molar-refractivity contribution < 1.29 is 18.8 Å². The fourth-order valence-corrected chi connectivity index (χ4v) is 2.43. The van der Waals surface area contributed by atoms with E-state index in [9.17, 15) is 18.8 Å². The molecule has 27 heavy (non-hydrogen) atoms. The molecule has 7 nitrogen and oxygen atoms in total. The molecule has 1 fully saturated rings. The number of nitrogens with one attached hydrogen (secondary N) is 2. The lowest BCUT2D eigenvalue weighted by Crippen LogP contribution is -2.38. The lowest BCUT2D eigenvalue weighted by atomic mass is 10.1. The Morgan fingerprint density at radius 2 is 1.89 bits per heavy atom. The third-order valence-electron chi connectivity index (χ3n) is 3.76. The Morgan fingerprint density at radius 1 is 1.19 bits per heavy atom. The highest BCUT2D eigenvalue weighted by atomic mass is 19.1. The largest absolute Gasteiger partial charge is 0.329 e. The zero-order valence-electron chi connectivity index (χ0n) is 13.9. The number of carbonyl (C=O) groups is 3. The topological polar surface area (TPSA) is 102 Å². The van der Waals surface area contributed by atoms with Crippen LogP contribution in [0.25, 0.3) is 6.08 Å². The molecule has 0 bridgehead atoms. The Hall–Kier alpha value is -3.99. The number of nitrogens with zero attached hydrogens (tertiary/aromatic N) is 2. The first-order valence-electron chi connectivity index (χ1n) is 7.87. The number of anilines is 1. The molecule has 8 heteroatoms. The van der Waals surface area contributed by atoms with Gasteiger partial charge in [-0.15, -0.1) is 0 Å². The lowest BCUT2D eigenvalue weighted by Gasteiger charge is -2.12. The van der Waals surface area contributed by atoms with E-state index in [1.54, 1.807) is 30.3 Å². The van der Waals surface area contributed by atoms with Gasteiger partial charge < -0.3 is 10.6 Å². The van der Waals surface area contributed by atoms with Gasteiger partial charge in [-0.3, -0.25) is 9.59 Å². The summed E-state index contributed by atoms with van der Waals surface area (Å²) >= 11 is 0. The monoisotopic (exact) mass is 364 g/mol. The first-order chi connectivity index (χ1) is 13.0. The highest BCUT2D eigenvalue weighted by molar-refractivity contribution is 6.15. The molecular formula is C19H13FN4O3. The van der Waals surface area contributed by atoms with E-state index >= 15 is 0 Å². The second-order valence-electron chi connectivity index (χ2n) is 5.64. The third-order valence-corrected chi connectivity index (χ3v) is 3.76. The van der Waals surface area contributed by atoms with Crippen molar-refractivity contribution in [3.05, 3.63) is 71.2 Å². The number of nitriles is 1. The van der Waals surface area contributed by atoms with Crippen LogP contribution in [0.4, 0.5) is 14.9 Å². The van der Waals surface area contributed by atoms with Crippen LogP contribution in [0.5, 0.6) is 0 Å². The van der Waals surface area contributed by atoms with Gasteiger partial charge >= 0.3 is 6.03 Å². The fraction of sp³-hybridized carbons (Fsp3) is 0.0526. The molecule has 2 aromatic rings. The average Bonchev–Trinajstić information content (AvgIpc) is 2.91. The number of benzene rings is 2. The van der Waals surface area contributed by atoms with Crippen LogP contribution in [-0.4, -0.2) is 29.3 Å². The normalized spacial score (nSPS) is 14.8. The first kappa shape index (κ1) is 17.8. The van der Waals surface area contributed by atoms with Gasteiger partial charge in [-0.25, -0.2) is 14.1 Å². The SMILES string of the molecule is N#Cc1ccc(/C=C2/NC(=O)N(CC(=O)Nc3ccccc3F)C2=O)cc1. The number of amides is 4. The highest BCUT2D eigenvalue weighted by Gasteiger charge is 2.34. The second kappa shape index (κ2) is 7.49. The molecule has 0 aliphatic carbocycles. The Kier molecular flexibility index (Phi) is 4.95. The van der Waals surface area contributed by atoms with Crippen LogP contribution in [0, 0.1) is 17.1 Å². The van der Waals surface area contributed by atoms with E-state index in [4.69, 9.17) is 5.26 Å². The van der Waals surface area contributed by atoms with Gasteiger partial charge in [-0.2, -0.15) is 5.26 Å². The molecular weight excluding hydrogens is 351 g/mol. The quantitative estimate of drug-likeness (QED) is 0.641. The number of para-hydroxylation sites is 1. The minimum absolute atomic E-state index is 0.00315. The van der Waals surface area contributed by atoms with E-state index in [0.717, 1.165) is 4.90 Å². The number of imide groups is 1. The standard InChI is InChI=1S/C19H13FN4O3/c20-14-3-1-2-4-15(14)22-17(25)11-24-18(26)16(23-19(24)27)9-12-5-7-13(10-21)8-6-12/h1-9H,11H2,(H,22,25)(H,23,27)/b16-9+. The molecule has 0 saturated carbocycles. The maximum Gasteiger partial charge on any atom is 0.329 e. The maximum atomic E-state index is 13.6. The van der Waals surface area contributed by atoms with Gasteiger partial charge in [0.25, 0.3) is 5.91 Å². The van der Waals surface area contributed by atoms with Gasteiger partial charge in [0, 0.05) is 0 Å². The summed E-state index contributed by atoms with van der Waals surface area (Å²) in [6.45, 7) is -0.552. The summed E-state index contributed by atoms with van der Waals surface area (Å²) in [4.78, 5) is 37.1. The van der Waals surface area contributed by atoms with Crippen molar-refractivity contribution in [3.63, 3.8) is 0 Å². The second-order valence-corrected chi connectivity index (χ2v) is 5.64. The van der Waals surface area contributed by atoms with Crippen molar-refractivity contribution >= 4 is 29.6 Å². The number of carbonyl (C=O) groups excluding carboxylic acids is 3. The number of urea groups is 1. The molecule has 1 heterocycles. The number of rotatable bonds is 4. The molecule has 1 aliphatic heterocycles. The first-order valence-corrected chi connectivity index (χ1v) is 7.87. The van der Waals surface area contributed by atoms with Crippen LogP contribution in [0.15, 0.2) is 54.2 Å². The summed E-state index contributed by atoms with van der Waals surface area (Å²) in [5, 5.41) is 13.5. The van der Waals surface area contributed by atoms with Crippen LogP contribution in [0.1, 0.15) is 11.1 Å². The number of hydrogen-bond donors (Lipinski definition) is 2. The molecule has 1 aliphatic rings. The summed E-state index contributed by atoms with van der Waals surface area (Å²) in [7, 11) is 0. The summed E-state index contributed by atoms with van der Waals surface area (Å²) in [5.41, 5.74) is 1.03. The van der Waals surface area contributed by atoms with Crippen LogP contribution < -0.4 is 10.6 Å². The predicted molar refractivity (Wildman–Crippen MR) is 94.4 cm³/mol. The molecule has 0 radical (unpaired) electrons. The summed E-state index contributed by atoms with van der Waals surface area (Å²) in [5.74, 6) is -2.00. The molecule has 4 amide bonds. The minimum Gasteiger partial charge on any atom is -0.322 e. The molecule has 0 unspecified atom stereocenters. The van der Waals surface area contributed by atoms with E-state index in [2.05, 4.69) is 10.6 Å². The van der Waals surface area contributed by atoms with Gasteiger partial charge in [0.15, 0.2) is 0 Å². The van der Waals surface area contributed by atoms with Crippen LogP contribution in [0.2, 0.25) is 0 Å². The lowest BCUT2D eigenvalue weighted by molar-refractivity contribution is -0.127. The zero-order valence-corrected chi connectivity index (χ0v) is 13.9. The highest BCUT2D eigenvalue weighted by Crippen LogP contribution is 2.16. The van der Waals surface area contributed by atoms with Crippen molar-refractivity contribution in [1.29, 1.82) is 5.26 Å². The fourth-order valence-electron chi connectivity index (χ4n) is 2.43.